The summed E-state index contributed by atoms with van der Waals surface area (Å²) in [7, 11) is 1.93. The summed E-state index contributed by atoms with van der Waals surface area (Å²) in [6, 6.07) is 12.0. The van der Waals surface area contributed by atoms with Gasteiger partial charge in [0.2, 0.25) is 0 Å². The Bertz CT molecular complexity index is 946. The first-order valence-corrected chi connectivity index (χ1v) is 7.07. The van der Waals surface area contributed by atoms with Crippen molar-refractivity contribution in [3.63, 3.8) is 0 Å². The predicted octanol–water partition coefficient (Wildman–Crippen LogP) is 2.78. The van der Waals surface area contributed by atoms with Gasteiger partial charge in [-0.15, -0.1) is 10.2 Å². The Morgan fingerprint density at radius 3 is 2.73 bits per heavy atom. The molecule has 4 rings (SSSR count). The third-order valence-electron chi connectivity index (χ3n) is 3.73. The lowest BCUT2D eigenvalue weighted by molar-refractivity contribution is 0.544. The van der Waals surface area contributed by atoms with Crippen molar-refractivity contribution in [3.05, 3.63) is 54.3 Å². The molecule has 0 aliphatic carbocycles. The number of benzene rings is 1. The zero-order valence-electron chi connectivity index (χ0n) is 12.4. The number of rotatable bonds is 3. The van der Waals surface area contributed by atoms with Gasteiger partial charge in [0, 0.05) is 12.4 Å². The van der Waals surface area contributed by atoms with Gasteiger partial charge < -0.3 is 8.98 Å². The van der Waals surface area contributed by atoms with Gasteiger partial charge in [-0.05, 0) is 25.1 Å². The highest BCUT2D eigenvalue weighted by Crippen LogP contribution is 2.29. The van der Waals surface area contributed by atoms with Crippen molar-refractivity contribution in [2.24, 2.45) is 7.05 Å². The molecule has 0 amide bonds. The fourth-order valence-electron chi connectivity index (χ4n) is 2.58. The summed E-state index contributed by atoms with van der Waals surface area (Å²) in [5.74, 6) is 2.52. The van der Waals surface area contributed by atoms with Gasteiger partial charge in [0.25, 0.3) is 0 Å². The van der Waals surface area contributed by atoms with Crippen LogP contribution in [0.4, 0.5) is 0 Å². The van der Waals surface area contributed by atoms with Gasteiger partial charge in [0.15, 0.2) is 11.6 Å². The minimum atomic E-state index is 0.566. The number of nitrogens with zero attached hydrogens (tertiary/aromatic N) is 5. The molecule has 6 nitrogen and oxygen atoms in total. The van der Waals surface area contributed by atoms with Crippen LogP contribution >= 0.6 is 0 Å². The second kappa shape index (κ2) is 4.84. The summed E-state index contributed by atoms with van der Waals surface area (Å²) in [6.45, 7) is 2.50. The van der Waals surface area contributed by atoms with E-state index >= 15 is 0 Å². The molecule has 0 saturated heterocycles. The molecule has 0 spiro atoms. The fraction of sp³-hybridized carbons (Fsp3) is 0.188. The molecule has 22 heavy (non-hydrogen) atoms. The van der Waals surface area contributed by atoms with Gasteiger partial charge in [-0.1, -0.05) is 18.2 Å². The first kappa shape index (κ1) is 12.8. The molecule has 6 heteroatoms. The van der Waals surface area contributed by atoms with E-state index in [0.717, 1.165) is 33.9 Å². The molecule has 0 N–H and O–H groups in total. The molecule has 110 valence electrons. The van der Waals surface area contributed by atoms with E-state index < -0.39 is 0 Å². The van der Waals surface area contributed by atoms with E-state index in [-0.39, 0.29) is 0 Å². The van der Waals surface area contributed by atoms with Crippen LogP contribution in [-0.2, 0) is 13.6 Å². The van der Waals surface area contributed by atoms with Gasteiger partial charge in [-0.2, -0.15) is 5.10 Å². The lowest BCUT2D eigenvalue weighted by Gasteiger charge is -2.02. The van der Waals surface area contributed by atoms with Crippen molar-refractivity contribution >= 4 is 10.9 Å². The van der Waals surface area contributed by atoms with Crippen LogP contribution < -0.4 is 0 Å². The third kappa shape index (κ3) is 2.00. The molecule has 0 aliphatic heterocycles. The maximum Gasteiger partial charge on any atom is 0.155 e. The molecule has 0 radical (unpaired) electrons. The molecule has 1 aromatic carbocycles. The number of para-hydroxylation sites is 1. The Morgan fingerprint density at radius 2 is 2.00 bits per heavy atom. The van der Waals surface area contributed by atoms with E-state index in [1.807, 2.05) is 47.5 Å². The minimum Gasteiger partial charge on any atom is -0.460 e. The summed E-state index contributed by atoms with van der Waals surface area (Å²) in [4.78, 5) is 0. The normalized spacial score (nSPS) is 11.4. The van der Waals surface area contributed by atoms with Gasteiger partial charge in [0.1, 0.15) is 24.3 Å². The lowest BCUT2D eigenvalue weighted by Crippen LogP contribution is -2.07. The van der Waals surface area contributed by atoms with Gasteiger partial charge >= 0.3 is 0 Å². The number of fused-ring (bicyclic) bond motifs is 1. The van der Waals surface area contributed by atoms with Gasteiger partial charge in [-0.3, -0.25) is 4.68 Å². The Hall–Kier alpha value is -2.89. The average molecular weight is 293 g/mol. The summed E-state index contributed by atoms with van der Waals surface area (Å²) < 4.78 is 9.57. The van der Waals surface area contributed by atoms with Crippen LogP contribution in [0.15, 0.2) is 47.1 Å². The molecular formula is C16H15N5O. The summed E-state index contributed by atoms with van der Waals surface area (Å²) in [6.07, 6.45) is 1.69. The van der Waals surface area contributed by atoms with Crippen molar-refractivity contribution in [2.45, 2.75) is 13.5 Å². The molecular weight excluding hydrogens is 278 g/mol. The molecule has 0 unspecified atom stereocenters. The molecule has 4 aromatic rings. The molecule has 0 aliphatic rings. The summed E-state index contributed by atoms with van der Waals surface area (Å²) >= 11 is 0. The summed E-state index contributed by atoms with van der Waals surface area (Å²) in [5.41, 5.74) is 1.90. The lowest BCUT2D eigenvalue weighted by atomic mass is 10.2. The van der Waals surface area contributed by atoms with Crippen molar-refractivity contribution in [1.29, 1.82) is 0 Å². The standard InChI is InChI=1S/C16H15N5O/c1-11-7-8-14(22-11)16-12-5-3-4-6-13(12)21(19-16)9-15-18-17-10-20(15)2/h3-8,10H,9H2,1-2H3. The summed E-state index contributed by atoms with van der Waals surface area (Å²) in [5, 5.41) is 13.9. The van der Waals surface area contributed by atoms with Crippen LogP contribution in [0.25, 0.3) is 22.4 Å². The molecule has 0 bridgehead atoms. The predicted molar refractivity (Wildman–Crippen MR) is 82.3 cm³/mol. The maximum atomic E-state index is 5.74. The third-order valence-corrected chi connectivity index (χ3v) is 3.73. The number of hydrogen-bond donors (Lipinski definition) is 0. The monoisotopic (exact) mass is 293 g/mol. The highest BCUT2D eigenvalue weighted by Gasteiger charge is 2.15. The van der Waals surface area contributed by atoms with Crippen molar-refractivity contribution in [3.8, 4) is 11.5 Å². The Kier molecular flexibility index (Phi) is 2.82. The van der Waals surface area contributed by atoms with Crippen LogP contribution in [0.3, 0.4) is 0 Å². The average Bonchev–Trinajstić information content (AvgIpc) is 3.21. The molecule has 3 heterocycles. The maximum absolute atomic E-state index is 5.74. The Morgan fingerprint density at radius 1 is 1.14 bits per heavy atom. The molecule has 0 fully saturated rings. The van der Waals surface area contributed by atoms with Crippen LogP contribution in [0.1, 0.15) is 11.6 Å². The van der Waals surface area contributed by atoms with Crippen molar-refractivity contribution in [2.75, 3.05) is 0 Å². The van der Waals surface area contributed by atoms with Crippen LogP contribution in [-0.4, -0.2) is 24.5 Å². The topological polar surface area (TPSA) is 61.7 Å². The number of aromatic nitrogens is 5. The van der Waals surface area contributed by atoms with Crippen molar-refractivity contribution < 1.29 is 4.42 Å². The van der Waals surface area contributed by atoms with Gasteiger partial charge in [-0.25, -0.2) is 0 Å². The molecule has 0 saturated carbocycles. The first-order chi connectivity index (χ1) is 10.7. The second-order valence-corrected chi connectivity index (χ2v) is 5.29. The van der Waals surface area contributed by atoms with Crippen LogP contribution in [0.5, 0.6) is 0 Å². The largest absolute Gasteiger partial charge is 0.460 e. The smallest absolute Gasteiger partial charge is 0.155 e. The number of aryl methyl sites for hydroxylation is 2. The van der Waals surface area contributed by atoms with E-state index in [9.17, 15) is 0 Å². The van der Waals surface area contributed by atoms with E-state index in [1.165, 1.54) is 0 Å². The van der Waals surface area contributed by atoms with Gasteiger partial charge in [0.05, 0.1) is 5.52 Å². The fourth-order valence-corrected chi connectivity index (χ4v) is 2.58. The van der Waals surface area contributed by atoms with Crippen LogP contribution in [0.2, 0.25) is 0 Å². The second-order valence-electron chi connectivity index (χ2n) is 5.29. The highest BCUT2D eigenvalue weighted by atomic mass is 16.3. The molecule has 3 aromatic heterocycles. The van der Waals surface area contributed by atoms with Crippen LogP contribution in [0, 0.1) is 6.92 Å². The minimum absolute atomic E-state index is 0.566. The zero-order valence-corrected chi connectivity index (χ0v) is 12.4. The SMILES string of the molecule is Cc1ccc(-c2nn(Cc3nncn3C)c3ccccc23)o1. The molecule has 0 atom stereocenters. The van der Waals surface area contributed by atoms with E-state index in [2.05, 4.69) is 22.3 Å². The van der Waals surface area contributed by atoms with E-state index in [4.69, 9.17) is 9.52 Å². The van der Waals surface area contributed by atoms with E-state index in [1.54, 1.807) is 6.33 Å². The zero-order chi connectivity index (χ0) is 15.1. The number of hydrogen-bond acceptors (Lipinski definition) is 4. The quantitative estimate of drug-likeness (QED) is 0.582. The first-order valence-electron chi connectivity index (χ1n) is 7.07. The van der Waals surface area contributed by atoms with Crippen molar-refractivity contribution in [1.82, 2.24) is 24.5 Å². The number of furan rings is 1. The van der Waals surface area contributed by atoms with E-state index in [0.29, 0.717) is 6.54 Å². The highest BCUT2D eigenvalue weighted by molar-refractivity contribution is 5.92. The Balaban J connectivity index is 1.87. The Labute approximate surface area is 127 Å².